The number of rotatable bonds is 7. The lowest BCUT2D eigenvalue weighted by Gasteiger charge is -2.15. The predicted molar refractivity (Wildman–Crippen MR) is 65.4 cm³/mol. The second kappa shape index (κ2) is 8.79. The first kappa shape index (κ1) is 15.7. The van der Waals surface area contributed by atoms with Gasteiger partial charge >= 0.3 is 11.9 Å². The van der Waals surface area contributed by atoms with Crippen LogP contribution in [0.15, 0.2) is 11.6 Å². The van der Waals surface area contributed by atoms with Crippen molar-refractivity contribution >= 4 is 11.9 Å². The number of carbonyl (C=O) groups excluding carboxylic acids is 2. The van der Waals surface area contributed by atoms with Crippen LogP contribution in [0, 0.1) is 5.92 Å². The topological polar surface area (TPSA) is 52.6 Å². The lowest BCUT2D eigenvalue weighted by atomic mass is 9.94. The zero-order valence-electron chi connectivity index (χ0n) is 11.1. The zero-order valence-corrected chi connectivity index (χ0v) is 11.1. The number of unbranched alkanes of at least 4 members (excludes halogenated alkanes) is 1. The Kier molecular flexibility index (Phi) is 8.11. The highest BCUT2D eigenvalue weighted by Gasteiger charge is 2.22. The van der Waals surface area contributed by atoms with E-state index in [4.69, 9.17) is 4.74 Å². The summed E-state index contributed by atoms with van der Waals surface area (Å²) in [5, 5.41) is 0. The molecule has 0 aromatic carbocycles. The molecular formula is C13H22O4. The smallest absolute Gasteiger partial charge is 0.333 e. The molecule has 0 aliphatic heterocycles. The van der Waals surface area contributed by atoms with Gasteiger partial charge in [0.25, 0.3) is 0 Å². The van der Waals surface area contributed by atoms with Gasteiger partial charge in [-0.25, -0.2) is 4.79 Å². The Morgan fingerprint density at radius 3 is 2.29 bits per heavy atom. The van der Waals surface area contributed by atoms with Crippen molar-refractivity contribution in [2.45, 2.75) is 39.5 Å². The maximum absolute atomic E-state index is 11.6. The van der Waals surface area contributed by atoms with E-state index < -0.39 is 0 Å². The van der Waals surface area contributed by atoms with Gasteiger partial charge in [-0.1, -0.05) is 25.8 Å². The van der Waals surface area contributed by atoms with Crippen LogP contribution in [-0.4, -0.2) is 26.2 Å². The molecule has 0 bridgehead atoms. The first-order valence-corrected chi connectivity index (χ1v) is 5.91. The molecule has 0 aromatic heterocycles. The average Bonchev–Trinajstić information content (AvgIpc) is 2.37. The Hall–Kier alpha value is -1.32. The van der Waals surface area contributed by atoms with Gasteiger partial charge in [0.05, 0.1) is 20.1 Å². The Morgan fingerprint density at radius 1 is 1.24 bits per heavy atom. The number of carbonyl (C=O) groups is 2. The van der Waals surface area contributed by atoms with Gasteiger partial charge in [-0.3, -0.25) is 4.79 Å². The summed E-state index contributed by atoms with van der Waals surface area (Å²) in [5.74, 6) is -0.898. The van der Waals surface area contributed by atoms with Gasteiger partial charge in [-0.15, -0.1) is 0 Å². The van der Waals surface area contributed by atoms with Crippen molar-refractivity contribution in [2.75, 3.05) is 14.2 Å². The van der Waals surface area contributed by atoms with Crippen LogP contribution in [0.4, 0.5) is 0 Å². The fourth-order valence-electron chi connectivity index (χ4n) is 1.64. The fraction of sp³-hybridized carbons (Fsp3) is 0.692. The summed E-state index contributed by atoms with van der Waals surface area (Å²) >= 11 is 0. The van der Waals surface area contributed by atoms with Crippen molar-refractivity contribution in [1.29, 1.82) is 0 Å². The molecule has 0 spiro atoms. The summed E-state index contributed by atoms with van der Waals surface area (Å²) in [4.78, 5) is 23.0. The molecule has 98 valence electrons. The second-order valence-corrected chi connectivity index (χ2v) is 3.87. The van der Waals surface area contributed by atoms with E-state index in [1.165, 1.54) is 14.2 Å². The monoisotopic (exact) mass is 242 g/mol. The van der Waals surface area contributed by atoms with E-state index in [2.05, 4.69) is 11.7 Å². The first-order valence-electron chi connectivity index (χ1n) is 5.91. The Bertz CT molecular complexity index is 281. The number of methoxy groups -OCH3 is 2. The molecular weight excluding hydrogens is 220 g/mol. The minimum atomic E-state index is -0.377. The van der Waals surface area contributed by atoms with E-state index in [0.29, 0.717) is 12.0 Å². The van der Waals surface area contributed by atoms with Crippen molar-refractivity contribution in [3.05, 3.63) is 11.6 Å². The molecule has 0 saturated heterocycles. The lowest BCUT2D eigenvalue weighted by molar-refractivity contribution is -0.145. The van der Waals surface area contributed by atoms with Crippen LogP contribution in [-0.2, 0) is 19.1 Å². The van der Waals surface area contributed by atoms with E-state index in [1.807, 2.05) is 0 Å². The largest absolute Gasteiger partial charge is 0.469 e. The summed E-state index contributed by atoms with van der Waals surface area (Å²) in [7, 11) is 2.71. The number of allylic oxidation sites excluding steroid dienone is 1. The molecule has 0 amide bonds. The normalized spacial score (nSPS) is 13.1. The third-order valence-corrected chi connectivity index (χ3v) is 2.70. The molecule has 0 fully saturated rings. The summed E-state index contributed by atoms with van der Waals surface area (Å²) in [5.41, 5.74) is 0.527. The highest BCUT2D eigenvalue weighted by Crippen LogP contribution is 2.20. The number of hydrogen-bond acceptors (Lipinski definition) is 4. The lowest BCUT2D eigenvalue weighted by Crippen LogP contribution is -2.19. The summed E-state index contributed by atoms with van der Waals surface area (Å²) < 4.78 is 9.41. The van der Waals surface area contributed by atoms with Crippen LogP contribution in [0.5, 0.6) is 0 Å². The molecule has 0 aliphatic carbocycles. The molecule has 0 aromatic rings. The third kappa shape index (κ3) is 5.52. The summed E-state index contributed by atoms with van der Waals surface area (Å²) in [6, 6.07) is 0. The molecule has 0 aliphatic rings. The predicted octanol–water partition coefficient (Wildman–Crippen LogP) is 2.48. The molecule has 1 unspecified atom stereocenters. The van der Waals surface area contributed by atoms with Crippen molar-refractivity contribution in [1.82, 2.24) is 0 Å². The van der Waals surface area contributed by atoms with Gasteiger partial charge in [-0.05, 0) is 19.8 Å². The van der Waals surface area contributed by atoms with Crippen molar-refractivity contribution in [3.8, 4) is 0 Å². The molecule has 1 atom stereocenters. The molecule has 0 saturated carbocycles. The Morgan fingerprint density at radius 2 is 1.88 bits per heavy atom. The van der Waals surface area contributed by atoms with E-state index >= 15 is 0 Å². The molecule has 0 rings (SSSR count). The Balaban J connectivity index is 4.60. The van der Waals surface area contributed by atoms with Crippen LogP contribution < -0.4 is 0 Å². The van der Waals surface area contributed by atoms with Crippen molar-refractivity contribution in [2.24, 2.45) is 5.92 Å². The molecule has 0 radical (unpaired) electrons. The number of hydrogen-bond donors (Lipinski definition) is 0. The molecule has 4 nitrogen and oxygen atoms in total. The maximum Gasteiger partial charge on any atom is 0.333 e. The van der Waals surface area contributed by atoms with Gasteiger partial charge < -0.3 is 9.47 Å². The van der Waals surface area contributed by atoms with E-state index in [1.54, 1.807) is 13.0 Å². The molecule has 17 heavy (non-hydrogen) atoms. The molecule has 0 heterocycles. The molecule has 0 N–H and O–H groups in total. The second-order valence-electron chi connectivity index (χ2n) is 3.87. The van der Waals surface area contributed by atoms with Gasteiger partial charge in [0.1, 0.15) is 0 Å². The Labute approximate surface area is 103 Å². The van der Waals surface area contributed by atoms with Crippen LogP contribution >= 0.6 is 0 Å². The van der Waals surface area contributed by atoms with E-state index in [0.717, 1.165) is 19.3 Å². The van der Waals surface area contributed by atoms with E-state index in [9.17, 15) is 9.59 Å². The van der Waals surface area contributed by atoms with Gasteiger partial charge in [0.15, 0.2) is 0 Å². The standard InChI is InChI=1S/C13H22O4/c1-5-7-8-11(13(15)17-4)9-10(6-2)12(14)16-3/h6,11H,5,7-9H2,1-4H3/b10-6-. The average molecular weight is 242 g/mol. The number of ether oxygens (including phenoxy) is 2. The minimum Gasteiger partial charge on any atom is -0.469 e. The van der Waals surface area contributed by atoms with Gasteiger partial charge in [0.2, 0.25) is 0 Å². The van der Waals surface area contributed by atoms with Gasteiger partial charge in [-0.2, -0.15) is 0 Å². The highest BCUT2D eigenvalue weighted by molar-refractivity contribution is 5.89. The third-order valence-electron chi connectivity index (χ3n) is 2.70. The fourth-order valence-corrected chi connectivity index (χ4v) is 1.64. The number of esters is 2. The first-order chi connectivity index (χ1) is 8.10. The maximum atomic E-state index is 11.6. The van der Waals surface area contributed by atoms with Crippen molar-refractivity contribution in [3.63, 3.8) is 0 Å². The van der Waals surface area contributed by atoms with E-state index in [-0.39, 0.29) is 17.9 Å². The van der Waals surface area contributed by atoms with Crippen LogP contribution in [0.25, 0.3) is 0 Å². The van der Waals surface area contributed by atoms with Crippen molar-refractivity contribution < 1.29 is 19.1 Å². The summed E-state index contributed by atoms with van der Waals surface area (Å²) in [6.07, 6.45) is 4.76. The SMILES string of the molecule is C/C=C(/CC(CCCC)C(=O)OC)C(=O)OC. The zero-order chi connectivity index (χ0) is 13.3. The quantitative estimate of drug-likeness (QED) is 0.508. The molecule has 4 heteroatoms. The van der Waals surface area contributed by atoms with Gasteiger partial charge in [0, 0.05) is 5.57 Å². The van der Waals surface area contributed by atoms with Crippen LogP contribution in [0.1, 0.15) is 39.5 Å². The van der Waals surface area contributed by atoms with Crippen LogP contribution in [0.3, 0.4) is 0 Å². The summed E-state index contributed by atoms with van der Waals surface area (Å²) in [6.45, 7) is 3.83. The highest BCUT2D eigenvalue weighted by atomic mass is 16.5. The minimum absolute atomic E-state index is 0.259. The van der Waals surface area contributed by atoms with Crippen LogP contribution in [0.2, 0.25) is 0 Å².